The zero-order valence-corrected chi connectivity index (χ0v) is 12.4. The molecule has 21 heavy (non-hydrogen) atoms. The highest BCUT2D eigenvalue weighted by molar-refractivity contribution is 5.20. The lowest BCUT2D eigenvalue weighted by atomic mass is 9.96. The van der Waals surface area contributed by atoms with E-state index >= 15 is 0 Å². The fourth-order valence-corrected chi connectivity index (χ4v) is 2.45. The summed E-state index contributed by atoms with van der Waals surface area (Å²) in [5, 5.41) is 10.3. The lowest BCUT2D eigenvalue weighted by Crippen LogP contribution is -2.28. The number of nitrogens with zero attached hydrogens (tertiary/aromatic N) is 2. The predicted octanol–water partition coefficient (Wildman–Crippen LogP) is 3.02. The van der Waals surface area contributed by atoms with E-state index in [-0.39, 0.29) is 11.7 Å². The Kier molecular flexibility index (Phi) is 5.42. The molecule has 0 bridgehead atoms. The molecular weight excluding hydrogens is 267 g/mol. The molecular formula is C17H21FN2O. The number of rotatable bonds is 6. The zero-order chi connectivity index (χ0) is 15.2. The SMILES string of the molecule is CC(CN(C)Cc1ccccn1)C(O)c1ccccc1F. The van der Waals surface area contributed by atoms with Gasteiger partial charge in [0.1, 0.15) is 5.82 Å². The second-order valence-corrected chi connectivity index (χ2v) is 5.46. The predicted molar refractivity (Wildman–Crippen MR) is 81.1 cm³/mol. The van der Waals surface area contributed by atoms with Crippen molar-refractivity contribution in [3.05, 3.63) is 65.7 Å². The van der Waals surface area contributed by atoms with E-state index in [9.17, 15) is 9.50 Å². The number of aliphatic hydroxyl groups excluding tert-OH is 1. The molecule has 1 N–H and O–H groups in total. The van der Waals surface area contributed by atoms with Crippen molar-refractivity contribution >= 4 is 0 Å². The summed E-state index contributed by atoms with van der Waals surface area (Å²) >= 11 is 0. The molecule has 4 heteroatoms. The van der Waals surface area contributed by atoms with Crippen molar-refractivity contribution < 1.29 is 9.50 Å². The normalized spacial score (nSPS) is 14.1. The Morgan fingerprint density at radius 2 is 1.90 bits per heavy atom. The second kappa shape index (κ2) is 7.29. The fourth-order valence-electron chi connectivity index (χ4n) is 2.45. The maximum Gasteiger partial charge on any atom is 0.129 e. The molecule has 0 fully saturated rings. The van der Waals surface area contributed by atoms with Gasteiger partial charge in [-0.25, -0.2) is 4.39 Å². The summed E-state index contributed by atoms with van der Waals surface area (Å²) in [6.07, 6.45) is 0.957. The van der Waals surface area contributed by atoms with E-state index in [1.165, 1.54) is 6.07 Å². The number of hydrogen-bond acceptors (Lipinski definition) is 3. The van der Waals surface area contributed by atoms with Gasteiger partial charge in [0.2, 0.25) is 0 Å². The molecule has 0 radical (unpaired) electrons. The number of pyridine rings is 1. The van der Waals surface area contributed by atoms with Crippen molar-refractivity contribution in [2.75, 3.05) is 13.6 Å². The number of aromatic nitrogens is 1. The van der Waals surface area contributed by atoms with Gasteiger partial charge >= 0.3 is 0 Å². The summed E-state index contributed by atoms with van der Waals surface area (Å²) in [4.78, 5) is 6.36. The summed E-state index contributed by atoms with van der Waals surface area (Å²) in [6, 6.07) is 12.2. The molecule has 1 aromatic heterocycles. The lowest BCUT2D eigenvalue weighted by molar-refractivity contribution is 0.0899. The van der Waals surface area contributed by atoms with Crippen molar-refractivity contribution in [3.63, 3.8) is 0 Å². The van der Waals surface area contributed by atoms with Gasteiger partial charge in [-0.2, -0.15) is 0 Å². The van der Waals surface area contributed by atoms with E-state index in [4.69, 9.17) is 0 Å². The summed E-state index contributed by atoms with van der Waals surface area (Å²) in [5.41, 5.74) is 1.34. The van der Waals surface area contributed by atoms with Gasteiger partial charge in [0, 0.05) is 24.8 Å². The minimum absolute atomic E-state index is 0.0735. The van der Waals surface area contributed by atoms with Crippen LogP contribution in [0.5, 0.6) is 0 Å². The number of hydrogen-bond donors (Lipinski definition) is 1. The standard InChI is InChI=1S/C17H21FN2O/c1-13(17(21)15-8-3-4-9-16(15)18)11-20(2)12-14-7-5-6-10-19-14/h3-10,13,17,21H,11-12H2,1-2H3. The average molecular weight is 288 g/mol. The third-order valence-electron chi connectivity index (χ3n) is 3.52. The van der Waals surface area contributed by atoms with Crippen molar-refractivity contribution in [1.82, 2.24) is 9.88 Å². The molecule has 0 aliphatic rings. The Morgan fingerprint density at radius 1 is 1.19 bits per heavy atom. The average Bonchev–Trinajstić information content (AvgIpc) is 2.48. The van der Waals surface area contributed by atoms with E-state index < -0.39 is 6.10 Å². The van der Waals surface area contributed by atoms with Crippen LogP contribution in [0, 0.1) is 11.7 Å². The Hall–Kier alpha value is -1.78. The maximum absolute atomic E-state index is 13.7. The van der Waals surface area contributed by atoms with Gasteiger partial charge in [0.15, 0.2) is 0 Å². The Bertz CT molecular complexity index is 562. The van der Waals surface area contributed by atoms with Gasteiger partial charge in [-0.1, -0.05) is 31.2 Å². The third kappa shape index (κ3) is 4.34. The monoisotopic (exact) mass is 288 g/mol. The largest absolute Gasteiger partial charge is 0.388 e. The Balaban J connectivity index is 1.94. The van der Waals surface area contributed by atoms with Crippen molar-refractivity contribution in [2.24, 2.45) is 5.92 Å². The number of benzene rings is 1. The molecule has 1 heterocycles. The topological polar surface area (TPSA) is 36.4 Å². The smallest absolute Gasteiger partial charge is 0.129 e. The summed E-state index contributed by atoms with van der Waals surface area (Å²) in [5.74, 6) is -0.431. The quantitative estimate of drug-likeness (QED) is 0.887. The highest BCUT2D eigenvalue weighted by Gasteiger charge is 2.20. The van der Waals surface area contributed by atoms with E-state index in [0.29, 0.717) is 18.7 Å². The molecule has 2 atom stereocenters. The molecule has 2 aromatic rings. The van der Waals surface area contributed by atoms with Crippen molar-refractivity contribution in [1.29, 1.82) is 0 Å². The molecule has 0 aliphatic carbocycles. The van der Waals surface area contributed by atoms with Gasteiger partial charge in [-0.05, 0) is 31.2 Å². The van der Waals surface area contributed by atoms with E-state index in [2.05, 4.69) is 9.88 Å². The van der Waals surface area contributed by atoms with Crippen LogP contribution in [0.1, 0.15) is 24.3 Å². The molecule has 0 aliphatic heterocycles. The molecule has 2 rings (SSSR count). The molecule has 112 valence electrons. The van der Waals surface area contributed by atoms with Crippen LogP contribution < -0.4 is 0 Å². The third-order valence-corrected chi connectivity index (χ3v) is 3.52. The fraction of sp³-hybridized carbons (Fsp3) is 0.353. The van der Waals surface area contributed by atoms with Crippen molar-refractivity contribution in [2.45, 2.75) is 19.6 Å². The van der Waals surface area contributed by atoms with Crippen LogP contribution in [0.4, 0.5) is 4.39 Å². The van der Waals surface area contributed by atoms with Gasteiger partial charge in [-0.15, -0.1) is 0 Å². The van der Waals surface area contributed by atoms with E-state index in [1.54, 1.807) is 24.4 Å². The van der Waals surface area contributed by atoms with Crippen molar-refractivity contribution in [3.8, 4) is 0 Å². The van der Waals surface area contributed by atoms with Gasteiger partial charge in [0.05, 0.1) is 11.8 Å². The van der Waals surface area contributed by atoms with Crippen LogP contribution in [0.25, 0.3) is 0 Å². The number of aliphatic hydroxyl groups is 1. The number of halogens is 1. The van der Waals surface area contributed by atoms with Crippen LogP contribution in [0.3, 0.4) is 0 Å². The molecule has 1 aromatic carbocycles. The first-order valence-corrected chi connectivity index (χ1v) is 7.09. The van der Waals surface area contributed by atoms with Crippen LogP contribution >= 0.6 is 0 Å². The van der Waals surface area contributed by atoms with Crippen LogP contribution in [0.15, 0.2) is 48.7 Å². The van der Waals surface area contributed by atoms with Gasteiger partial charge < -0.3 is 10.0 Å². The first-order valence-electron chi connectivity index (χ1n) is 7.09. The van der Waals surface area contributed by atoms with Gasteiger partial charge in [0.25, 0.3) is 0 Å². The lowest BCUT2D eigenvalue weighted by Gasteiger charge is -2.25. The highest BCUT2D eigenvalue weighted by Crippen LogP contribution is 2.24. The van der Waals surface area contributed by atoms with Crippen LogP contribution in [0.2, 0.25) is 0 Å². The Labute approximate surface area is 125 Å². The maximum atomic E-state index is 13.7. The first kappa shape index (κ1) is 15.6. The minimum atomic E-state index is -0.808. The second-order valence-electron chi connectivity index (χ2n) is 5.46. The molecule has 0 saturated carbocycles. The summed E-state index contributed by atoms with van der Waals surface area (Å²) < 4.78 is 13.7. The Morgan fingerprint density at radius 3 is 2.57 bits per heavy atom. The zero-order valence-electron chi connectivity index (χ0n) is 12.4. The summed E-state index contributed by atoms with van der Waals surface area (Å²) in [7, 11) is 1.97. The van der Waals surface area contributed by atoms with E-state index in [0.717, 1.165) is 5.69 Å². The minimum Gasteiger partial charge on any atom is -0.388 e. The molecule has 2 unspecified atom stereocenters. The molecule has 0 amide bonds. The van der Waals surface area contributed by atoms with E-state index in [1.807, 2.05) is 32.2 Å². The van der Waals surface area contributed by atoms with Crippen LogP contribution in [-0.4, -0.2) is 28.6 Å². The summed E-state index contributed by atoms with van der Waals surface area (Å²) in [6.45, 7) is 3.28. The first-order chi connectivity index (χ1) is 10.1. The molecule has 0 spiro atoms. The highest BCUT2D eigenvalue weighted by atomic mass is 19.1. The van der Waals surface area contributed by atoms with Gasteiger partial charge in [-0.3, -0.25) is 4.98 Å². The molecule has 0 saturated heterocycles. The van der Waals surface area contributed by atoms with Crippen LogP contribution in [-0.2, 0) is 6.54 Å². The molecule has 3 nitrogen and oxygen atoms in total.